The maximum Gasteiger partial charge on any atom is 0.413 e. The normalized spacial score (nSPS) is 11.3. The number of H-pyrrole nitrogens is 1. The first-order chi connectivity index (χ1) is 10.3. The molecule has 0 aliphatic heterocycles. The van der Waals surface area contributed by atoms with Crippen molar-refractivity contribution in [2.24, 2.45) is 0 Å². The topological polar surface area (TPSA) is 80.4 Å². The van der Waals surface area contributed by atoms with E-state index in [4.69, 9.17) is 9.47 Å². The standard InChI is InChI=1S/C16H20N2O4/c1-5-21-14(19)12-10-8-6-7-9-11(10)17-13(12)18-15(20)22-16(2,3)4/h6-9,17H,5H2,1-4H3,(H,18,20). The van der Waals surface area contributed by atoms with E-state index in [9.17, 15) is 9.59 Å². The number of carbonyl (C=O) groups is 2. The number of hydrogen-bond acceptors (Lipinski definition) is 4. The summed E-state index contributed by atoms with van der Waals surface area (Å²) in [6.07, 6.45) is -0.635. The molecular formula is C16H20N2O4. The number of rotatable bonds is 3. The first-order valence-electron chi connectivity index (χ1n) is 7.09. The average molecular weight is 304 g/mol. The number of aromatic amines is 1. The molecule has 0 saturated heterocycles. The van der Waals surface area contributed by atoms with Gasteiger partial charge in [-0.15, -0.1) is 0 Å². The molecule has 1 aromatic carbocycles. The zero-order valence-corrected chi connectivity index (χ0v) is 13.1. The Morgan fingerprint density at radius 1 is 1.23 bits per heavy atom. The second kappa shape index (κ2) is 6.09. The van der Waals surface area contributed by atoms with Crippen LogP contribution in [0.4, 0.5) is 10.6 Å². The molecule has 1 heterocycles. The van der Waals surface area contributed by atoms with Crippen LogP contribution in [0, 0.1) is 0 Å². The number of aromatic nitrogens is 1. The lowest BCUT2D eigenvalue weighted by molar-refractivity contribution is 0.0530. The van der Waals surface area contributed by atoms with Gasteiger partial charge in [-0.1, -0.05) is 18.2 Å². The summed E-state index contributed by atoms with van der Waals surface area (Å²) in [6.45, 7) is 7.29. The zero-order chi connectivity index (χ0) is 16.3. The first-order valence-corrected chi connectivity index (χ1v) is 7.09. The third-order valence-electron chi connectivity index (χ3n) is 2.81. The van der Waals surface area contributed by atoms with Crippen LogP contribution in [0.25, 0.3) is 10.9 Å². The van der Waals surface area contributed by atoms with Gasteiger partial charge >= 0.3 is 12.1 Å². The van der Waals surface area contributed by atoms with E-state index in [2.05, 4.69) is 10.3 Å². The number of fused-ring (bicyclic) bond motifs is 1. The van der Waals surface area contributed by atoms with Crippen molar-refractivity contribution in [3.63, 3.8) is 0 Å². The van der Waals surface area contributed by atoms with Gasteiger partial charge in [-0.05, 0) is 33.8 Å². The lowest BCUT2D eigenvalue weighted by Crippen LogP contribution is -2.27. The van der Waals surface area contributed by atoms with Crippen LogP contribution in [0.1, 0.15) is 38.1 Å². The molecule has 2 rings (SSSR count). The highest BCUT2D eigenvalue weighted by molar-refractivity contribution is 6.11. The summed E-state index contributed by atoms with van der Waals surface area (Å²) in [6, 6.07) is 7.26. The lowest BCUT2D eigenvalue weighted by atomic mass is 10.1. The van der Waals surface area contributed by atoms with Crippen LogP contribution in [0.2, 0.25) is 0 Å². The second-order valence-corrected chi connectivity index (χ2v) is 5.77. The highest BCUT2D eigenvalue weighted by Gasteiger charge is 2.23. The fourth-order valence-electron chi connectivity index (χ4n) is 2.06. The molecule has 6 heteroatoms. The van der Waals surface area contributed by atoms with E-state index in [1.807, 2.05) is 18.2 Å². The molecule has 0 spiro atoms. The maximum absolute atomic E-state index is 12.2. The van der Waals surface area contributed by atoms with Crippen LogP contribution in [0.15, 0.2) is 24.3 Å². The highest BCUT2D eigenvalue weighted by atomic mass is 16.6. The van der Waals surface area contributed by atoms with E-state index >= 15 is 0 Å². The van der Waals surface area contributed by atoms with E-state index < -0.39 is 17.7 Å². The Balaban J connectivity index is 2.38. The molecule has 0 saturated carbocycles. The van der Waals surface area contributed by atoms with E-state index in [1.54, 1.807) is 33.8 Å². The third-order valence-corrected chi connectivity index (χ3v) is 2.81. The van der Waals surface area contributed by atoms with Crippen LogP contribution in [0.5, 0.6) is 0 Å². The molecule has 0 fully saturated rings. The second-order valence-electron chi connectivity index (χ2n) is 5.77. The number of benzene rings is 1. The predicted octanol–water partition coefficient (Wildman–Crippen LogP) is 3.69. The SMILES string of the molecule is CCOC(=O)c1c(NC(=O)OC(C)(C)C)[nH]c2ccccc12. The quantitative estimate of drug-likeness (QED) is 0.847. The fraction of sp³-hybridized carbons (Fsp3) is 0.375. The molecule has 6 nitrogen and oxygen atoms in total. The summed E-state index contributed by atoms with van der Waals surface area (Å²) in [7, 11) is 0. The highest BCUT2D eigenvalue weighted by Crippen LogP contribution is 2.27. The summed E-state index contributed by atoms with van der Waals surface area (Å²) >= 11 is 0. The number of para-hydroxylation sites is 1. The number of amides is 1. The minimum atomic E-state index is -0.635. The third kappa shape index (κ3) is 3.58. The Morgan fingerprint density at radius 3 is 2.55 bits per heavy atom. The van der Waals surface area contributed by atoms with Gasteiger partial charge in [0, 0.05) is 10.9 Å². The van der Waals surface area contributed by atoms with Crippen molar-refractivity contribution < 1.29 is 19.1 Å². The van der Waals surface area contributed by atoms with Crippen molar-refractivity contribution >= 4 is 28.8 Å². The molecule has 0 aliphatic rings. The molecule has 2 aromatic rings. The first kappa shape index (κ1) is 15.9. The lowest BCUT2D eigenvalue weighted by Gasteiger charge is -2.19. The number of carbonyl (C=O) groups excluding carboxylic acids is 2. The molecule has 1 amide bonds. The van der Waals surface area contributed by atoms with Crippen LogP contribution in [0.3, 0.4) is 0 Å². The predicted molar refractivity (Wildman–Crippen MR) is 84.1 cm³/mol. The molecule has 2 N–H and O–H groups in total. The summed E-state index contributed by atoms with van der Waals surface area (Å²) in [4.78, 5) is 27.1. The molecule has 0 atom stereocenters. The molecule has 0 aliphatic carbocycles. The van der Waals surface area contributed by atoms with E-state index in [0.29, 0.717) is 10.9 Å². The van der Waals surface area contributed by atoms with E-state index in [-0.39, 0.29) is 12.4 Å². The van der Waals surface area contributed by atoms with E-state index in [0.717, 1.165) is 5.52 Å². The van der Waals surface area contributed by atoms with Gasteiger partial charge in [0.05, 0.1) is 6.61 Å². The Labute approximate surface area is 128 Å². The van der Waals surface area contributed by atoms with Crippen molar-refractivity contribution in [1.82, 2.24) is 4.98 Å². The Hall–Kier alpha value is -2.50. The Bertz CT molecular complexity index is 698. The Kier molecular flexibility index (Phi) is 4.40. The van der Waals surface area contributed by atoms with Crippen molar-refractivity contribution in [1.29, 1.82) is 0 Å². The van der Waals surface area contributed by atoms with Gasteiger partial charge in [-0.25, -0.2) is 9.59 Å². The summed E-state index contributed by atoms with van der Waals surface area (Å²) in [5.41, 5.74) is 0.403. The van der Waals surface area contributed by atoms with Gasteiger partial charge in [-0.2, -0.15) is 0 Å². The molecular weight excluding hydrogens is 284 g/mol. The van der Waals surface area contributed by atoms with Gasteiger partial charge in [0.1, 0.15) is 17.0 Å². The number of anilines is 1. The number of ether oxygens (including phenoxy) is 2. The van der Waals surface area contributed by atoms with Crippen molar-refractivity contribution in [2.45, 2.75) is 33.3 Å². The largest absolute Gasteiger partial charge is 0.462 e. The monoisotopic (exact) mass is 304 g/mol. The summed E-state index contributed by atoms with van der Waals surface area (Å²) in [5.74, 6) is -0.222. The van der Waals surface area contributed by atoms with Crippen LogP contribution in [-0.2, 0) is 9.47 Å². The minimum Gasteiger partial charge on any atom is -0.462 e. The summed E-state index contributed by atoms with van der Waals surface area (Å²) < 4.78 is 10.3. The van der Waals surface area contributed by atoms with Gasteiger partial charge in [0.25, 0.3) is 0 Å². The Morgan fingerprint density at radius 2 is 1.91 bits per heavy atom. The zero-order valence-electron chi connectivity index (χ0n) is 13.1. The van der Waals surface area contributed by atoms with Crippen LogP contribution < -0.4 is 5.32 Å². The fourth-order valence-corrected chi connectivity index (χ4v) is 2.06. The number of hydrogen-bond donors (Lipinski definition) is 2. The smallest absolute Gasteiger partial charge is 0.413 e. The van der Waals surface area contributed by atoms with Crippen LogP contribution >= 0.6 is 0 Å². The molecule has 0 unspecified atom stereocenters. The van der Waals surface area contributed by atoms with Gasteiger partial charge in [-0.3, -0.25) is 5.32 Å². The molecule has 118 valence electrons. The van der Waals surface area contributed by atoms with Gasteiger partial charge < -0.3 is 14.5 Å². The number of esters is 1. The molecule has 22 heavy (non-hydrogen) atoms. The van der Waals surface area contributed by atoms with Crippen molar-refractivity contribution in [3.8, 4) is 0 Å². The minimum absolute atomic E-state index is 0.254. The van der Waals surface area contributed by atoms with E-state index in [1.165, 1.54) is 0 Å². The van der Waals surface area contributed by atoms with Crippen LogP contribution in [-0.4, -0.2) is 29.3 Å². The van der Waals surface area contributed by atoms with Gasteiger partial charge in [0.15, 0.2) is 0 Å². The molecule has 1 aromatic heterocycles. The van der Waals surface area contributed by atoms with Gasteiger partial charge in [0.2, 0.25) is 0 Å². The maximum atomic E-state index is 12.2. The average Bonchev–Trinajstić information content (AvgIpc) is 2.74. The van der Waals surface area contributed by atoms with Crippen molar-refractivity contribution in [2.75, 3.05) is 11.9 Å². The number of nitrogens with one attached hydrogen (secondary N) is 2. The summed E-state index contributed by atoms with van der Waals surface area (Å²) in [5, 5.41) is 3.27. The molecule has 0 bridgehead atoms. The van der Waals surface area contributed by atoms with Crippen molar-refractivity contribution in [3.05, 3.63) is 29.8 Å². The molecule has 0 radical (unpaired) electrons.